The summed E-state index contributed by atoms with van der Waals surface area (Å²) >= 11 is 0. The third-order valence-corrected chi connectivity index (χ3v) is 2.83. The van der Waals surface area contributed by atoms with Gasteiger partial charge < -0.3 is 4.74 Å². The smallest absolute Gasteiger partial charge is 0.134 e. The Hall–Kier alpha value is -2.09. The average molecular weight is 240 g/mol. The lowest BCUT2D eigenvalue weighted by Gasteiger charge is -2.05. The summed E-state index contributed by atoms with van der Waals surface area (Å²) in [6.07, 6.45) is 0.503. The van der Waals surface area contributed by atoms with Gasteiger partial charge in [0.2, 0.25) is 0 Å². The Morgan fingerprint density at radius 1 is 0.944 bits per heavy atom. The number of Topliss-reactive ketones (excluding diaryl/α,β-unsaturated/α-hetero) is 1. The van der Waals surface area contributed by atoms with E-state index in [0.29, 0.717) is 6.42 Å². The van der Waals surface area contributed by atoms with Crippen molar-refractivity contribution in [2.45, 2.75) is 13.3 Å². The molecule has 0 aliphatic carbocycles. The molecule has 18 heavy (non-hydrogen) atoms. The number of ketones is 1. The van der Waals surface area contributed by atoms with Crippen molar-refractivity contribution in [3.63, 3.8) is 0 Å². The van der Waals surface area contributed by atoms with Gasteiger partial charge in [-0.1, -0.05) is 36.4 Å². The van der Waals surface area contributed by atoms with Crippen molar-refractivity contribution in [3.8, 4) is 16.9 Å². The Morgan fingerprint density at radius 3 is 1.89 bits per heavy atom. The number of rotatable bonds is 4. The van der Waals surface area contributed by atoms with Crippen molar-refractivity contribution in [3.05, 3.63) is 54.1 Å². The number of carbonyl (C=O) groups excluding carboxylic acids is 1. The zero-order valence-corrected chi connectivity index (χ0v) is 10.6. The van der Waals surface area contributed by atoms with E-state index in [2.05, 4.69) is 0 Å². The van der Waals surface area contributed by atoms with Crippen LogP contribution in [0.25, 0.3) is 11.1 Å². The summed E-state index contributed by atoms with van der Waals surface area (Å²) in [5.74, 6) is 1.04. The second-order valence-corrected chi connectivity index (χ2v) is 4.30. The van der Waals surface area contributed by atoms with E-state index < -0.39 is 0 Å². The molecule has 2 heteroatoms. The van der Waals surface area contributed by atoms with Crippen LogP contribution in [-0.2, 0) is 11.2 Å². The molecule has 0 aliphatic heterocycles. The Balaban J connectivity index is 2.20. The molecule has 0 aliphatic rings. The Bertz CT molecular complexity index is 524. The molecule has 0 N–H and O–H groups in total. The maximum Gasteiger partial charge on any atom is 0.134 e. The first-order valence-corrected chi connectivity index (χ1v) is 5.92. The summed E-state index contributed by atoms with van der Waals surface area (Å²) in [4.78, 5) is 11.0. The lowest BCUT2D eigenvalue weighted by Crippen LogP contribution is -1.95. The zero-order valence-electron chi connectivity index (χ0n) is 10.6. The van der Waals surface area contributed by atoms with E-state index in [1.807, 2.05) is 48.5 Å². The summed E-state index contributed by atoms with van der Waals surface area (Å²) in [6.45, 7) is 1.61. The Kier molecular flexibility index (Phi) is 3.78. The van der Waals surface area contributed by atoms with Gasteiger partial charge in [-0.25, -0.2) is 0 Å². The molecular weight excluding hydrogens is 224 g/mol. The average Bonchev–Trinajstić information content (AvgIpc) is 2.39. The Labute approximate surface area is 107 Å². The van der Waals surface area contributed by atoms with Crippen molar-refractivity contribution in [2.75, 3.05) is 7.11 Å². The van der Waals surface area contributed by atoms with E-state index in [4.69, 9.17) is 4.74 Å². The van der Waals surface area contributed by atoms with Gasteiger partial charge in [-0.2, -0.15) is 0 Å². The molecule has 0 heterocycles. The minimum Gasteiger partial charge on any atom is -0.497 e. The van der Waals surface area contributed by atoms with Crippen LogP contribution in [0.5, 0.6) is 5.75 Å². The van der Waals surface area contributed by atoms with Gasteiger partial charge in [-0.05, 0) is 35.7 Å². The highest BCUT2D eigenvalue weighted by Gasteiger charge is 2.00. The highest BCUT2D eigenvalue weighted by Crippen LogP contribution is 2.22. The Morgan fingerprint density at radius 2 is 1.44 bits per heavy atom. The predicted molar refractivity (Wildman–Crippen MR) is 72.8 cm³/mol. The minimum atomic E-state index is 0.187. The zero-order chi connectivity index (χ0) is 13.0. The molecule has 92 valence electrons. The van der Waals surface area contributed by atoms with Crippen LogP contribution < -0.4 is 4.74 Å². The molecule has 2 aromatic carbocycles. The summed E-state index contributed by atoms with van der Waals surface area (Å²) in [7, 11) is 1.66. The number of benzene rings is 2. The van der Waals surface area contributed by atoms with Crippen molar-refractivity contribution >= 4 is 5.78 Å². The van der Waals surface area contributed by atoms with E-state index in [0.717, 1.165) is 22.4 Å². The van der Waals surface area contributed by atoms with Crippen LogP contribution in [0.15, 0.2) is 48.5 Å². The second-order valence-electron chi connectivity index (χ2n) is 4.30. The van der Waals surface area contributed by atoms with Gasteiger partial charge in [0.1, 0.15) is 11.5 Å². The minimum absolute atomic E-state index is 0.187. The normalized spacial score (nSPS) is 10.1. The van der Waals surface area contributed by atoms with Gasteiger partial charge in [-0.15, -0.1) is 0 Å². The molecule has 0 atom stereocenters. The first kappa shape index (κ1) is 12.4. The number of hydrogen-bond acceptors (Lipinski definition) is 2. The van der Waals surface area contributed by atoms with Crippen LogP contribution in [0.2, 0.25) is 0 Å². The summed E-state index contributed by atoms with van der Waals surface area (Å²) in [5, 5.41) is 0. The van der Waals surface area contributed by atoms with Crippen LogP contribution in [-0.4, -0.2) is 12.9 Å². The first-order valence-electron chi connectivity index (χ1n) is 5.92. The lowest BCUT2D eigenvalue weighted by atomic mass is 10.0. The SMILES string of the molecule is COc1ccc(-c2ccc(CC(C)=O)cc2)cc1. The van der Waals surface area contributed by atoms with Crippen LogP contribution in [0.4, 0.5) is 0 Å². The molecule has 0 saturated heterocycles. The summed E-state index contributed by atoms with van der Waals surface area (Å²) in [5.41, 5.74) is 3.34. The molecule has 2 aromatic rings. The monoisotopic (exact) mass is 240 g/mol. The third kappa shape index (κ3) is 2.98. The van der Waals surface area contributed by atoms with E-state index in [-0.39, 0.29) is 5.78 Å². The summed E-state index contributed by atoms with van der Waals surface area (Å²) < 4.78 is 5.13. The van der Waals surface area contributed by atoms with Crippen molar-refractivity contribution in [1.29, 1.82) is 0 Å². The number of carbonyl (C=O) groups is 1. The molecule has 0 spiro atoms. The fourth-order valence-electron chi connectivity index (χ4n) is 1.89. The van der Waals surface area contributed by atoms with E-state index >= 15 is 0 Å². The number of ether oxygens (including phenoxy) is 1. The van der Waals surface area contributed by atoms with E-state index in [1.54, 1.807) is 14.0 Å². The molecule has 2 nitrogen and oxygen atoms in total. The summed E-state index contributed by atoms with van der Waals surface area (Å²) in [6, 6.07) is 16.0. The molecule has 0 amide bonds. The fourth-order valence-corrected chi connectivity index (χ4v) is 1.89. The molecule has 0 bridgehead atoms. The van der Waals surface area contributed by atoms with Crippen molar-refractivity contribution in [1.82, 2.24) is 0 Å². The molecule has 0 unspecified atom stereocenters. The van der Waals surface area contributed by atoms with Gasteiger partial charge >= 0.3 is 0 Å². The van der Waals surface area contributed by atoms with Gasteiger partial charge in [0.15, 0.2) is 0 Å². The highest BCUT2D eigenvalue weighted by molar-refractivity contribution is 5.78. The van der Waals surface area contributed by atoms with Gasteiger partial charge in [0.25, 0.3) is 0 Å². The van der Waals surface area contributed by atoms with Crippen LogP contribution in [0.1, 0.15) is 12.5 Å². The molecule has 0 fully saturated rings. The standard InChI is InChI=1S/C16H16O2/c1-12(17)11-13-3-5-14(6-4-13)15-7-9-16(18-2)10-8-15/h3-10H,11H2,1-2H3. The van der Waals surface area contributed by atoms with E-state index in [9.17, 15) is 4.79 Å². The van der Waals surface area contributed by atoms with Crippen LogP contribution in [0.3, 0.4) is 0 Å². The maximum atomic E-state index is 11.0. The predicted octanol–water partition coefficient (Wildman–Crippen LogP) is 3.49. The van der Waals surface area contributed by atoms with Gasteiger partial charge in [0, 0.05) is 6.42 Å². The maximum absolute atomic E-state index is 11.0. The van der Waals surface area contributed by atoms with Gasteiger partial charge in [-0.3, -0.25) is 4.79 Å². The fraction of sp³-hybridized carbons (Fsp3) is 0.188. The van der Waals surface area contributed by atoms with E-state index in [1.165, 1.54) is 0 Å². The lowest BCUT2D eigenvalue weighted by molar-refractivity contribution is -0.116. The van der Waals surface area contributed by atoms with Crippen molar-refractivity contribution in [2.24, 2.45) is 0 Å². The quantitative estimate of drug-likeness (QED) is 0.817. The topological polar surface area (TPSA) is 26.3 Å². The molecule has 0 aromatic heterocycles. The second kappa shape index (κ2) is 5.50. The number of methoxy groups -OCH3 is 1. The molecule has 2 rings (SSSR count). The first-order chi connectivity index (χ1) is 8.69. The third-order valence-electron chi connectivity index (χ3n) is 2.83. The van der Waals surface area contributed by atoms with Crippen molar-refractivity contribution < 1.29 is 9.53 Å². The molecule has 0 radical (unpaired) electrons. The van der Waals surface area contributed by atoms with Gasteiger partial charge in [0.05, 0.1) is 7.11 Å². The largest absolute Gasteiger partial charge is 0.497 e. The molecule has 0 saturated carbocycles. The van der Waals surface area contributed by atoms with Crippen LogP contribution in [0, 0.1) is 0 Å². The van der Waals surface area contributed by atoms with Crippen LogP contribution >= 0.6 is 0 Å². The number of hydrogen-bond donors (Lipinski definition) is 0. The molecular formula is C16H16O2. The highest BCUT2D eigenvalue weighted by atomic mass is 16.5.